The van der Waals surface area contributed by atoms with Gasteiger partial charge in [0.05, 0.1) is 0 Å². The predicted molar refractivity (Wildman–Crippen MR) is 121 cm³/mol. The summed E-state index contributed by atoms with van der Waals surface area (Å²) in [5.74, 6) is 0.0294. The molecule has 0 aliphatic heterocycles. The summed E-state index contributed by atoms with van der Waals surface area (Å²) >= 11 is 0. The summed E-state index contributed by atoms with van der Waals surface area (Å²) in [6, 6.07) is 19.8. The lowest BCUT2D eigenvalue weighted by atomic mass is 9.95. The first kappa shape index (κ1) is 22.1. The predicted octanol–water partition coefficient (Wildman–Crippen LogP) is 4.88. The molecule has 2 aromatic carbocycles. The highest BCUT2D eigenvalue weighted by Gasteiger charge is 2.30. The van der Waals surface area contributed by atoms with Gasteiger partial charge in [-0.3, -0.25) is 9.59 Å². The summed E-state index contributed by atoms with van der Waals surface area (Å²) in [7, 11) is 0. The molecule has 1 fully saturated rings. The van der Waals surface area contributed by atoms with Gasteiger partial charge in [0.25, 0.3) is 0 Å². The van der Waals surface area contributed by atoms with E-state index in [1.165, 1.54) is 19.3 Å². The van der Waals surface area contributed by atoms with E-state index in [1.54, 1.807) is 4.90 Å². The van der Waals surface area contributed by atoms with Crippen LogP contribution in [0.1, 0.15) is 63.0 Å². The zero-order valence-electron chi connectivity index (χ0n) is 18.1. The third-order valence-electron chi connectivity index (χ3n) is 6.00. The molecule has 3 rings (SSSR count). The molecule has 2 aromatic rings. The molecule has 30 heavy (non-hydrogen) atoms. The van der Waals surface area contributed by atoms with Gasteiger partial charge in [0.2, 0.25) is 11.8 Å². The van der Waals surface area contributed by atoms with Crippen LogP contribution in [0.3, 0.4) is 0 Å². The number of nitrogens with zero attached hydrogens (tertiary/aromatic N) is 1. The average Bonchev–Trinajstić information content (AvgIpc) is 2.79. The molecule has 2 amide bonds. The molecule has 0 heterocycles. The number of nitrogens with one attached hydrogen (secondary N) is 1. The molecular weight excluding hydrogens is 372 g/mol. The minimum absolute atomic E-state index is 0.00612. The van der Waals surface area contributed by atoms with Crippen molar-refractivity contribution in [2.45, 2.75) is 76.9 Å². The van der Waals surface area contributed by atoms with E-state index >= 15 is 0 Å². The average molecular weight is 407 g/mol. The van der Waals surface area contributed by atoms with Crippen LogP contribution in [-0.2, 0) is 22.6 Å². The van der Waals surface area contributed by atoms with Crippen molar-refractivity contribution in [3.63, 3.8) is 0 Å². The van der Waals surface area contributed by atoms with Gasteiger partial charge in [-0.15, -0.1) is 0 Å². The standard InChI is InChI=1S/C26H34N2O2/c1-2-24(26(30)27-23-16-10-5-11-17-23)28(20-22-14-8-4-9-15-22)25(29)19-18-21-12-6-3-7-13-21/h3-4,6-9,12-15,23-24H,2,5,10-11,16-20H2,1H3,(H,27,30)/t24-/m1/s1. The normalized spacial score (nSPS) is 15.4. The molecule has 0 spiro atoms. The fourth-order valence-electron chi connectivity index (χ4n) is 4.28. The van der Waals surface area contributed by atoms with Crippen molar-refractivity contribution in [1.82, 2.24) is 10.2 Å². The fraction of sp³-hybridized carbons (Fsp3) is 0.462. The molecule has 1 atom stereocenters. The lowest BCUT2D eigenvalue weighted by Gasteiger charge is -2.33. The van der Waals surface area contributed by atoms with Gasteiger partial charge in [-0.1, -0.05) is 86.8 Å². The number of rotatable bonds is 9. The summed E-state index contributed by atoms with van der Waals surface area (Å²) in [4.78, 5) is 28.2. The first-order valence-electron chi connectivity index (χ1n) is 11.3. The number of benzene rings is 2. The lowest BCUT2D eigenvalue weighted by Crippen LogP contribution is -2.51. The van der Waals surface area contributed by atoms with Gasteiger partial charge in [-0.05, 0) is 36.8 Å². The second-order valence-electron chi connectivity index (χ2n) is 8.26. The van der Waals surface area contributed by atoms with E-state index in [1.807, 2.05) is 67.6 Å². The van der Waals surface area contributed by atoms with Crippen molar-refractivity contribution < 1.29 is 9.59 Å². The second kappa shape index (κ2) is 11.5. The van der Waals surface area contributed by atoms with E-state index < -0.39 is 6.04 Å². The highest BCUT2D eigenvalue weighted by molar-refractivity contribution is 5.88. The van der Waals surface area contributed by atoms with Crippen molar-refractivity contribution in [2.75, 3.05) is 0 Å². The summed E-state index contributed by atoms with van der Waals surface area (Å²) < 4.78 is 0. The topological polar surface area (TPSA) is 49.4 Å². The van der Waals surface area contributed by atoms with Crippen molar-refractivity contribution in [1.29, 1.82) is 0 Å². The minimum Gasteiger partial charge on any atom is -0.352 e. The summed E-state index contributed by atoms with van der Waals surface area (Å²) in [5, 5.41) is 3.23. The van der Waals surface area contributed by atoms with Crippen LogP contribution in [0.2, 0.25) is 0 Å². The van der Waals surface area contributed by atoms with Gasteiger partial charge in [0, 0.05) is 19.0 Å². The molecule has 1 aliphatic rings. The largest absolute Gasteiger partial charge is 0.352 e. The fourth-order valence-corrected chi connectivity index (χ4v) is 4.28. The third kappa shape index (κ3) is 6.45. The van der Waals surface area contributed by atoms with Crippen LogP contribution in [0.5, 0.6) is 0 Å². The van der Waals surface area contributed by atoms with Crippen molar-refractivity contribution in [3.05, 3.63) is 71.8 Å². The number of amides is 2. The Morgan fingerprint density at radius 1 is 0.933 bits per heavy atom. The Balaban J connectivity index is 1.72. The Morgan fingerprint density at radius 2 is 1.53 bits per heavy atom. The SMILES string of the molecule is CC[C@H](C(=O)NC1CCCCC1)N(Cc1ccccc1)C(=O)CCc1ccccc1. The molecule has 4 nitrogen and oxygen atoms in total. The summed E-state index contributed by atoms with van der Waals surface area (Å²) in [5.41, 5.74) is 2.19. The summed E-state index contributed by atoms with van der Waals surface area (Å²) in [6.45, 7) is 2.46. The zero-order chi connectivity index (χ0) is 21.2. The number of carbonyl (C=O) groups is 2. The Hall–Kier alpha value is -2.62. The molecule has 0 unspecified atom stereocenters. The first-order valence-corrected chi connectivity index (χ1v) is 11.3. The molecule has 1 aliphatic carbocycles. The molecule has 0 aromatic heterocycles. The van der Waals surface area contributed by atoms with Gasteiger partial charge in [0.15, 0.2) is 0 Å². The van der Waals surface area contributed by atoms with E-state index in [-0.39, 0.29) is 17.9 Å². The van der Waals surface area contributed by atoms with E-state index in [0.29, 0.717) is 25.8 Å². The highest BCUT2D eigenvalue weighted by atomic mass is 16.2. The first-order chi connectivity index (χ1) is 14.7. The van der Waals surface area contributed by atoms with Crippen LogP contribution in [0.25, 0.3) is 0 Å². The Labute approximate surface area is 180 Å². The van der Waals surface area contributed by atoms with Crippen LogP contribution >= 0.6 is 0 Å². The molecule has 1 saturated carbocycles. The van der Waals surface area contributed by atoms with Crippen molar-refractivity contribution in [3.8, 4) is 0 Å². The third-order valence-corrected chi connectivity index (χ3v) is 6.00. The van der Waals surface area contributed by atoms with Crippen LogP contribution in [0, 0.1) is 0 Å². The smallest absolute Gasteiger partial charge is 0.243 e. The quantitative estimate of drug-likeness (QED) is 0.645. The monoisotopic (exact) mass is 406 g/mol. The second-order valence-corrected chi connectivity index (χ2v) is 8.26. The molecular formula is C26H34N2O2. The van der Waals surface area contributed by atoms with Crippen LogP contribution in [0.15, 0.2) is 60.7 Å². The number of hydrogen-bond acceptors (Lipinski definition) is 2. The molecule has 1 N–H and O–H groups in total. The van der Waals surface area contributed by atoms with E-state index in [0.717, 1.165) is 24.0 Å². The van der Waals surface area contributed by atoms with Gasteiger partial charge in [-0.25, -0.2) is 0 Å². The van der Waals surface area contributed by atoms with Crippen molar-refractivity contribution in [2.24, 2.45) is 0 Å². The maximum atomic E-state index is 13.3. The Bertz CT molecular complexity index is 785. The number of hydrogen-bond donors (Lipinski definition) is 1. The maximum Gasteiger partial charge on any atom is 0.243 e. The van der Waals surface area contributed by atoms with E-state index in [9.17, 15) is 9.59 Å². The van der Waals surface area contributed by atoms with E-state index in [2.05, 4.69) is 5.32 Å². The maximum absolute atomic E-state index is 13.3. The highest BCUT2D eigenvalue weighted by Crippen LogP contribution is 2.19. The van der Waals surface area contributed by atoms with Gasteiger partial charge in [-0.2, -0.15) is 0 Å². The Morgan fingerprint density at radius 3 is 2.13 bits per heavy atom. The molecule has 0 bridgehead atoms. The lowest BCUT2D eigenvalue weighted by molar-refractivity contribution is -0.141. The number of carbonyl (C=O) groups excluding carboxylic acids is 2. The van der Waals surface area contributed by atoms with Crippen LogP contribution < -0.4 is 5.32 Å². The van der Waals surface area contributed by atoms with Gasteiger partial charge < -0.3 is 10.2 Å². The minimum atomic E-state index is -0.435. The van der Waals surface area contributed by atoms with Crippen LogP contribution in [-0.4, -0.2) is 28.8 Å². The molecule has 0 radical (unpaired) electrons. The zero-order valence-corrected chi connectivity index (χ0v) is 18.1. The molecule has 0 saturated heterocycles. The summed E-state index contributed by atoms with van der Waals surface area (Å²) in [6.07, 6.45) is 7.39. The molecule has 4 heteroatoms. The van der Waals surface area contributed by atoms with Crippen molar-refractivity contribution >= 4 is 11.8 Å². The van der Waals surface area contributed by atoms with Gasteiger partial charge in [0.1, 0.15) is 6.04 Å². The van der Waals surface area contributed by atoms with Gasteiger partial charge >= 0.3 is 0 Å². The Kier molecular flexibility index (Phi) is 8.49. The number of aryl methyl sites for hydroxylation is 1. The van der Waals surface area contributed by atoms with E-state index in [4.69, 9.17) is 0 Å². The molecule has 160 valence electrons. The van der Waals surface area contributed by atoms with Crippen LogP contribution in [0.4, 0.5) is 0 Å².